The SMILES string of the molecule is Cc1ccc(C(=O)N2CCCC(COc3ccccc3)C2)cc1. The fourth-order valence-corrected chi connectivity index (χ4v) is 3.00. The highest BCUT2D eigenvalue weighted by molar-refractivity contribution is 5.94. The molecule has 0 aliphatic carbocycles. The van der Waals surface area contributed by atoms with Gasteiger partial charge in [0.1, 0.15) is 5.75 Å². The second-order valence-corrected chi connectivity index (χ2v) is 6.25. The van der Waals surface area contributed by atoms with Crippen LogP contribution in [0.3, 0.4) is 0 Å². The zero-order valence-electron chi connectivity index (χ0n) is 13.6. The Balaban J connectivity index is 1.57. The Kier molecular flexibility index (Phi) is 4.96. The molecular weight excluding hydrogens is 286 g/mol. The molecule has 0 bridgehead atoms. The van der Waals surface area contributed by atoms with E-state index in [0.717, 1.165) is 37.2 Å². The van der Waals surface area contributed by atoms with Gasteiger partial charge in [0.15, 0.2) is 0 Å². The van der Waals surface area contributed by atoms with Gasteiger partial charge in [-0.3, -0.25) is 4.79 Å². The van der Waals surface area contributed by atoms with E-state index in [2.05, 4.69) is 0 Å². The number of benzene rings is 2. The van der Waals surface area contributed by atoms with E-state index in [1.807, 2.05) is 66.4 Å². The van der Waals surface area contributed by atoms with E-state index in [9.17, 15) is 4.79 Å². The number of para-hydroxylation sites is 1. The van der Waals surface area contributed by atoms with Gasteiger partial charge in [0.2, 0.25) is 0 Å². The molecular formula is C20H23NO2. The predicted molar refractivity (Wildman–Crippen MR) is 91.7 cm³/mol. The Morgan fingerprint density at radius 1 is 1.13 bits per heavy atom. The maximum Gasteiger partial charge on any atom is 0.253 e. The lowest BCUT2D eigenvalue weighted by Crippen LogP contribution is -2.41. The molecule has 2 aromatic carbocycles. The Bertz CT molecular complexity index is 636. The standard InChI is InChI=1S/C20H23NO2/c1-16-9-11-18(12-10-16)20(22)21-13-5-6-17(14-21)15-23-19-7-3-2-4-8-19/h2-4,7-12,17H,5-6,13-15H2,1H3. The Morgan fingerprint density at radius 3 is 2.61 bits per heavy atom. The van der Waals surface area contributed by atoms with Crippen molar-refractivity contribution in [1.82, 2.24) is 4.90 Å². The summed E-state index contributed by atoms with van der Waals surface area (Å²) in [5, 5.41) is 0. The van der Waals surface area contributed by atoms with Gasteiger partial charge in [0.25, 0.3) is 5.91 Å². The van der Waals surface area contributed by atoms with Crippen molar-refractivity contribution in [2.75, 3.05) is 19.7 Å². The second kappa shape index (κ2) is 7.32. The molecule has 1 heterocycles. The van der Waals surface area contributed by atoms with Crippen LogP contribution < -0.4 is 4.74 Å². The van der Waals surface area contributed by atoms with Gasteiger partial charge in [-0.2, -0.15) is 0 Å². The van der Waals surface area contributed by atoms with Crippen LogP contribution in [-0.2, 0) is 0 Å². The van der Waals surface area contributed by atoms with Crippen LogP contribution in [0.25, 0.3) is 0 Å². The van der Waals surface area contributed by atoms with E-state index in [1.54, 1.807) is 0 Å². The van der Waals surface area contributed by atoms with E-state index >= 15 is 0 Å². The summed E-state index contributed by atoms with van der Waals surface area (Å²) in [5.41, 5.74) is 1.95. The molecule has 0 spiro atoms. The topological polar surface area (TPSA) is 29.5 Å². The van der Waals surface area contributed by atoms with Gasteiger partial charge >= 0.3 is 0 Å². The van der Waals surface area contributed by atoms with Crippen molar-refractivity contribution in [3.05, 3.63) is 65.7 Å². The minimum Gasteiger partial charge on any atom is -0.493 e. The molecule has 0 saturated carbocycles. The molecule has 1 fully saturated rings. The number of likely N-dealkylation sites (tertiary alicyclic amines) is 1. The largest absolute Gasteiger partial charge is 0.493 e. The summed E-state index contributed by atoms with van der Waals surface area (Å²) in [6, 6.07) is 17.7. The van der Waals surface area contributed by atoms with Gasteiger partial charge in [-0.15, -0.1) is 0 Å². The lowest BCUT2D eigenvalue weighted by atomic mass is 9.98. The highest BCUT2D eigenvalue weighted by Crippen LogP contribution is 2.20. The van der Waals surface area contributed by atoms with Gasteiger partial charge < -0.3 is 9.64 Å². The highest BCUT2D eigenvalue weighted by Gasteiger charge is 2.24. The fourth-order valence-electron chi connectivity index (χ4n) is 3.00. The number of ether oxygens (including phenoxy) is 1. The van der Waals surface area contributed by atoms with Gasteiger partial charge in [-0.25, -0.2) is 0 Å². The summed E-state index contributed by atoms with van der Waals surface area (Å²) < 4.78 is 5.86. The van der Waals surface area contributed by atoms with Crippen molar-refractivity contribution in [2.45, 2.75) is 19.8 Å². The minimum atomic E-state index is 0.134. The first-order chi connectivity index (χ1) is 11.2. The van der Waals surface area contributed by atoms with Crippen molar-refractivity contribution >= 4 is 5.91 Å². The predicted octanol–water partition coefficient (Wildman–Crippen LogP) is 3.93. The number of carbonyl (C=O) groups excluding carboxylic acids is 1. The summed E-state index contributed by atoms with van der Waals surface area (Å²) in [7, 11) is 0. The summed E-state index contributed by atoms with van der Waals surface area (Å²) in [4.78, 5) is 14.6. The quantitative estimate of drug-likeness (QED) is 0.856. The van der Waals surface area contributed by atoms with Crippen molar-refractivity contribution in [3.8, 4) is 5.75 Å². The summed E-state index contributed by atoms with van der Waals surface area (Å²) in [6.07, 6.45) is 2.16. The van der Waals surface area contributed by atoms with Gasteiger partial charge in [0.05, 0.1) is 6.61 Å². The smallest absolute Gasteiger partial charge is 0.253 e. The van der Waals surface area contributed by atoms with Gasteiger partial charge in [-0.05, 0) is 44.0 Å². The Morgan fingerprint density at radius 2 is 1.87 bits per heavy atom. The summed E-state index contributed by atoms with van der Waals surface area (Å²) in [5.74, 6) is 1.43. The number of nitrogens with zero attached hydrogens (tertiary/aromatic N) is 1. The van der Waals surface area contributed by atoms with Crippen LogP contribution in [-0.4, -0.2) is 30.5 Å². The monoisotopic (exact) mass is 309 g/mol. The van der Waals surface area contributed by atoms with Crippen LogP contribution in [0.1, 0.15) is 28.8 Å². The van der Waals surface area contributed by atoms with E-state index in [-0.39, 0.29) is 5.91 Å². The molecule has 0 radical (unpaired) electrons. The van der Waals surface area contributed by atoms with Crippen LogP contribution >= 0.6 is 0 Å². The normalized spacial score (nSPS) is 17.8. The average Bonchev–Trinajstić information content (AvgIpc) is 2.61. The van der Waals surface area contributed by atoms with Crippen LogP contribution in [0, 0.1) is 12.8 Å². The zero-order valence-corrected chi connectivity index (χ0v) is 13.6. The molecule has 3 heteroatoms. The number of rotatable bonds is 4. The number of aryl methyl sites for hydroxylation is 1. The van der Waals surface area contributed by atoms with E-state index < -0.39 is 0 Å². The molecule has 1 aliphatic rings. The lowest BCUT2D eigenvalue weighted by Gasteiger charge is -2.32. The van der Waals surface area contributed by atoms with Gasteiger partial charge in [-0.1, -0.05) is 35.9 Å². The molecule has 1 saturated heterocycles. The fraction of sp³-hybridized carbons (Fsp3) is 0.350. The first kappa shape index (κ1) is 15.6. The van der Waals surface area contributed by atoms with Crippen LogP contribution in [0.5, 0.6) is 5.75 Å². The summed E-state index contributed by atoms with van der Waals surface area (Å²) in [6.45, 7) is 4.32. The molecule has 3 nitrogen and oxygen atoms in total. The van der Waals surface area contributed by atoms with E-state index in [4.69, 9.17) is 4.74 Å². The average molecular weight is 309 g/mol. The number of carbonyl (C=O) groups is 1. The third-order valence-electron chi connectivity index (χ3n) is 4.33. The first-order valence-electron chi connectivity index (χ1n) is 8.26. The molecule has 1 unspecified atom stereocenters. The molecule has 120 valence electrons. The molecule has 3 rings (SSSR count). The highest BCUT2D eigenvalue weighted by atomic mass is 16.5. The lowest BCUT2D eigenvalue weighted by molar-refractivity contribution is 0.0633. The summed E-state index contributed by atoms with van der Waals surface area (Å²) >= 11 is 0. The molecule has 1 aliphatic heterocycles. The zero-order chi connectivity index (χ0) is 16.1. The third kappa shape index (κ3) is 4.13. The van der Waals surface area contributed by atoms with Crippen LogP contribution in [0.15, 0.2) is 54.6 Å². The second-order valence-electron chi connectivity index (χ2n) is 6.25. The van der Waals surface area contributed by atoms with Crippen LogP contribution in [0.4, 0.5) is 0 Å². The van der Waals surface area contributed by atoms with E-state index in [1.165, 1.54) is 5.56 Å². The maximum atomic E-state index is 12.6. The Labute approximate surface area is 137 Å². The number of hydrogen-bond donors (Lipinski definition) is 0. The van der Waals surface area contributed by atoms with Crippen molar-refractivity contribution in [2.24, 2.45) is 5.92 Å². The number of piperidine rings is 1. The van der Waals surface area contributed by atoms with Crippen molar-refractivity contribution in [1.29, 1.82) is 0 Å². The first-order valence-corrected chi connectivity index (χ1v) is 8.26. The van der Waals surface area contributed by atoms with Crippen LogP contribution in [0.2, 0.25) is 0 Å². The molecule has 0 aromatic heterocycles. The Hall–Kier alpha value is -2.29. The molecule has 23 heavy (non-hydrogen) atoms. The third-order valence-corrected chi connectivity index (χ3v) is 4.33. The van der Waals surface area contributed by atoms with Gasteiger partial charge in [0, 0.05) is 24.6 Å². The molecule has 1 atom stereocenters. The number of hydrogen-bond acceptors (Lipinski definition) is 2. The van der Waals surface area contributed by atoms with Crippen molar-refractivity contribution < 1.29 is 9.53 Å². The minimum absolute atomic E-state index is 0.134. The maximum absolute atomic E-state index is 12.6. The van der Waals surface area contributed by atoms with Crippen molar-refractivity contribution in [3.63, 3.8) is 0 Å². The molecule has 2 aromatic rings. The molecule has 1 amide bonds. The number of amides is 1. The molecule has 0 N–H and O–H groups in total. The van der Waals surface area contributed by atoms with E-state index in [0.29, 0.717) is 12.5 Å².